The highest BCUT2D eigenvalue weighted by molar-refractivity contribution is 7.15. The van der Waals surface area contributed by atoms with E-state index >= 15 is 0 Å². The number of aliphatic carboxylic acids is 1. The van der Waals surface area contributed by atoms with Crippen molar-refractivity contribution in [2.45, 2.75) is 44.4 Å². The van der Waals surface area contributed by atoms with Crippen molar-refractivity contribution in [3.63, 3.8) is 0 Å². The molecule has 2 heterocycles. The number of carboxylic acids is 1. The minimum absolute atomic E-state index is 0.242. The van der Waals surface area contributed by atoms with Gasteiger partial charge in [-0.3, -0.25) is 10.1 Å². The molecule has 1 aromatic heterocycles. The molecule has 1 aliphatic heterocycles. The van der Waals surface area contributed by atoms with E-state index in [0.717, 1.165) is 0 Å². The Morgan fingerprint density at radius 2 is 2.05 bits per heavy atom. The van der Waals surface area contributed by atoms with Gasteiger partial charge >= 0.3 is 12.0 Å². The van der Waals surface area contributed by atoms with Gasteiger partial charge in [0.25, 0.3) is 0 Å². The molecule has 1 saturated heterocycles. The van der Waals surface area contributed by atoms with Crippen LogP contribution in [0.5, 0.6) is 0 Å². The lowest BCUT2D eigenvalue weighted by Crippen LogP contribution is -2.33. The second-order valence-electron chi connectivity index (χ2n) is 6.10. The van der Waals surface area contributed by atoms with Crippen LogP contribution in [-0.2, 0) is 4.79 Å². The van der Waals surface area contributed by atoms with Gasteiger partial charge in [-0.05, 0) is 25.2 Å². The van der Waals surface area contributed by atoms with Gasteiger partial charge in [-0.15, -0.1) is 11.3 Å². The van der Waals surface area contributed by atoms with Crippen LogP contribution in [0.15, 0.2) is 6.20 Å². The average molecular weight is 323 g/mol. The summed E-state index contributed by atoms with van der Waals surface area (Å²) in [5, 5.41) is 12.4. The number of urea groups is 1. The summed E-state index contributed by atoms with van der Waals surface area (Å²) in [7, 11) is 0. The highest BCUT2D eigenvalue weighted by Gasteiger charge is 2.31. The zero-order chi connectivity index (χ0) is 15.5. The maximum absolute atomic E-state index is 12.2. The van der Waals surface area contributed by atoms with Crippen LogP contribution in [0.3, 0.4) is 0 Å². The predicted molar refractivity (Wildman–Crippen MR) is 84.3 cm³/mol. The molecular weight excluding hydrogens is 302 g/mol. The van der Waals surface area contributed by atoms with Crippen LogP contribution in [0.1, 0.15) is 49.3 Å². The summed E-state index contributed by atoms with van der Waals surface area (Å²) in [6, 6.07) is -0.242. The van der Waals surface area contributed by atoms with Crippen molar-refractivity contribution in [1.29, 1.82) is 0 Å². The Labute approximate surface area is 133 Å². The standard InChI is InChI=1S/C15H21N3O3S/c19-13(20)11-6-7-18(9-11)15(21)17-14-16-8-12(22-14)10-4-2-1-3-5-10/h8,10-11H,1-7,9H2,(H,19,20)(H,16,17,21). The maximum atomic E-state index is 12.2. The SMILES string of the molecule is O=C(O)C1CCN(C(=O)Nc2ncc(C3CCCCC3)s2)C1. The fourth-order valence-electron chi connectivity index (χ4n) is 3.24. The first-order chi connectivity index (χ1) is 10.6. The molecule has 2 N–H and O–H groups in total. The molecule has 0 spiro atoms. The zero-order valence-corrected chi connectivity index (χ0v) is 13.3. The number of likely N-dealkylation sites (tertiary alicyclic amines) is 1. The summed E-state index contributed by atoms with van der Waals surface area (Å²) in [5.41, 5.74) is 0. The minimum Gasteiger partial charge on any atom is -0.481 e. The second kappa shape index (κ2) is 6.64. The smallest absolute Gasteiger partial charge is 0.323 e. The third-order valence-corrected chi connectivity index (χ3v) is 5.64. The number of aromatic nitrogens is 1. The fourth-order valence-corrected chi connectivity index (χ4v) is 4.21. The summed E-state index contributed by atoms with van der Waals surface area (Å²) < 4.78 is 0. The Kier molecular flexibility index (Phi) is 4.61. The Balaban J connectivity index is 1.56. The van der Waals surface area contributed by atoms with Crippen LogP contribution in [0.2, 0.25) is 0 Å². The van der Waals surface area contributed by atoms with Crippen LogP contribution < -0.4 is 5.32 Å². The molecule has 6 nitrogen and oxygen atoms in total. The van der Waals surface area contributed by atoms with Gasteiger partial charge in [-0.1, -0.05) is 19.3 Å². The first-order valence-corrected chi connectivity index (χ1v) is 8.69. The van der Waals surface area contributed by atoms with Gasteiger partial charge in [-0.2, -0.15) is 0 Å². The number of carboxylic acid groups (broad SMARTS) is 1. The number of hydrogen-bond donors (Lipinski definition) is 2. The van der Waals surface area contributed by atoms with Crippen LogP contribution >= 0.6 is 11.3 Å². The number of hydrogen-bond acceptors (Lipinski definition) is 4. The van der Waals surface area contributed by atoms with Gasteiger partial charge in [-0.25, -0.2) is 9.78 Å². The molecule has 1 aliphatic carbocycles. The van der Waals surface area contributed by atoms with E-state index in [9.17, 15) is 9.59 Å². The number of thiazole rings is 1. The van der Waals surface area contributed by atoms with Gasteiger partial charge < -0.3 is 10.0 Å². The molecule has 1 saturated carbocycles. The summed E-state index contributed by atoms with van der Waals surface area (Å²) in [6.07, 6.45) is 8.68. The summed E-state index contributed by atoms with van der Waals surface area (Å²) in [6.45, 7) is 0.770. The van der Waals surface area contributed by atoms with E-state index in [0.29, 0.717) is 24.0 Å². The average Bonchev–Trinajstić information content (AvgIpc) is 3.17. The Bertz CT molecular complexity index is 554. The van der Waals surface area contributed by atoms with E-state index in [4.69, 9.17) is 5.11 Å². The van der Waals surface area contributed by atoms with Crippen molar-refractivity contribution in [3.8, 4) is 0 Å². The van der Waals surface area contributed by atoms with Crippen LogP contribution in [0, 0.1) is 5.92 Å². The van der Waals surface area contributed by atoms with E-state index in [-0.39, 0.29) is 12.6 Å². The molecule has 1 unspecified atom stereocenters. The molecule has 2 fully saturated rings. The number of amides is 2. The third-order valence-electron chi connectivity index (χ3n) is 4.57. The zero-order valence-electron chi connectivity index (χ0n) is 12.5. The molecule has 3 rings (SSSR count). The topological polar surface area (TPSA) is 82.5 Å². The Morgan fingerprint density at radius 1 is 1.27 bits per heavy atom. The number of carbonyl (C=O) groups excluding carboxylic acids is 1. The number of nitrogens with zero attached hydrogens (tertiary/aromatic N) is 2. The lowest BCUT2D eigenvalue weighted by Gasteiger charge is -2.19. The molecular formula is C15H21N3O3S. The molecule has 22 heavy (non-hydrogen) atoms. The van der Waals surface area contributed by atoms with Gasteiger partial charge in [0.05, 0.1) is 5.92 Å². The number of rotatable bonds is 3. The lowest BCUT2D eigenvalue weighted by molar-refractivity contribution is -0.141. The molecule has 2 aliphatic rings. The molecule has 1 aromatic rings. The van der Waals surface area contributed by atoms with E-state index in [1.165, 1.54) is 37.0 Å². The van der Waals surface area contributed by atoms with Crippen molar-refractivity contribution in [2.75, 3.05) is 18.4 Å². The maximum Gasteiger partial charge on any atom is 0.323 e. The molecule has 120 valence electrons. The van der Waals surface area contributed by atoms with Gasteiger partial charge in [0.1, 0.15) is 0 Å². The largest absolute Gasteiger partial charge is 0.481 e. The Hall–Kier alpha value is -1.63. The van der Waals surface area contributed by atoms with Crippen molar-refractivity contribution < 1.29 is 14.7 Å². The summed E-state index contributed by atoms with van der Waals surface area (Å²) in [4.78, 5) is 30.2. The highest BCUT2D eigenvalue weighted by Crippen LogP contribution is 2.36. The van der Waals surface area contributed by atoms with Gasteiger partial charge in [0.2, 0.25) is 0 Å². The van der Waals surface area contributed by atoms with Crippen LogP contribution in [0.4, 0.5) is 9.93 Å². The number of nitrogens with one attached hydrogen (secondary N) is 1. The second-order valence-corrected chi connectivity index (χ2v) is 7.16. The highest BCUT2D eigenvalue weighted by atomic mass is 32.1. The quantitative estimate of drug-likeness (QED) is 0.895. The summed E-state index contributed by atoms with van der Waals surface area (Å²) in [5.74, 6) is -0.691. The lowest BCUT2D eigenvalue weighted by atomic mass is 9.89. The number of carbonyl (C=O) groups is 2. The van der Waals surface area contributed by atoms with E-state index in [1.807, 2.05) is 6.20 Å². The van der Waals surface area contributed by atoms with Gasteiger partial charge in [0.15, 0.2) is 5.13 Å². The minimum atomic E-state index is -0.830. The van der Waals surface area contributed by atoms with Crippen molar-refractivity contribution in [3.05, 3.63) is 11.1 Å². The fraction of sp³-hybridized carbons (Fsp3) is 0.667. The first-order valence-electron chi connectivity index (χ1n) is 7.88. The van der Waals surface area contributed by atoms with E-state index < -0.39 is 11.9 Å². The molecule has 0 bridgehead atoms. The molecule has 7 heteroatoms. The normalized spacial score (nSPS) is 22.7. The number of anilines is 1. The molecule has 2 amide bonds. The van der Waals surface area contributed by atoms with E-state index in [2.05, 4.69) is 10.3 Å². The predicted octanol–water partition coefficient (Wildman–Crippen LogP) is 3.13. The van der Waals surface area contributed by atoms with E-state index in [1.54, 1.807) is 16.2 Å². The van der Waals surface area contributed by atoms with Crippen LogP contribution in [-0.4, -0.2) is 40.1 Å². The van der Waals surface area contributed by atoms with Crippen LogP contribution in [0.25, 0.3) is 0 Å². The molecule has 1 atom stereocenters. The Morgan fingerprint density at radius 3 is 2.73 bits per heavy atom. The monoisotopic (exact) mass is 323 g/mol. The van der Waals surface area contributed by atoms with Crippen molar-refractivity contribution in [2.24, 2.45) is 5.92 Å². The molecule has 0 aromatic carbocycles. The van der Waals surface area contributed by atoms with Crippen molar-refractivity contribution in [1.82, 2.24) is 9.88 Å². The first kappa shape index (κ1) is 15.3. The summed E-state index contributed by atoms with van der Waals surface area (Å²) >= 11 is 1.55. The molecule has 0 radical (unpaired) electrons. The third kappa shape index (κ3) is 3.40. The van der Waals surface area contributed by atoms with Crippen molar-refractivity contribution >= 4 is 28.5 Å². The van der Waals surface area contributed by atoms with Gasteiger partial charge in [0, 0.05) is 24.2 Å².